The fraction of sp³-hybridized carbons (Fsp3) is 0.273. The number of nitrogens with two attached hydrogens (primary N) is 1. The molecule has 0 aliphatic heterocycles. The van der Waals surface area contributed by atoms with Crippen LogP contribution in [0.3, 0.4) is 0 Å². The Morgan fingerprint density at radius 1 is 1.41 bits per heavy atom. The minimum Gasteiger partial charge on any atom is -0.369 e. The fourth-order valence-corrected chi connectivity index (χ4v) is 1.64. The second-order valence-electron chi connectivity index (χ2n) is 3.83. The third-order valence-corrected chi connectivity index (χ3v) is 2.51. The van der Waals surface area contributed by atoms with E-state index in [9.17, 15) is 13.6 Å². The van der Waals surface area contributed by atoms with Crippen molar-refractivity contribution in [2.24, 2.45) is 0 Å². The predicted molar refractivity (Wildman–Crippen MR) is 59.4 cm³/mol. The molecule has 2 aromatic rings. The van der Waals surface area contributed by atoms with Gasteiger partial charge in [0.2, 0.25) is 5.95 Å². The highest BCUT2D eigenvalue weighted by Gasteiger charge is 2.12. The molecule has 2 rings (SSSR count). The summed E-state index contributed by atoms with van der Waals surface area (Å²) < 4.78 is 27.6. The Balaban J connectivity index is 2.50. The molecule has 0 unspecified atom stereocenters. The van der Waals surface area contributed by atoms with Crippen LogP contribution in [0.5, 0.6) is 0 Å². The van der Waals surface area contributed by atoms with Crippen LogP contribution in [0.4, 0.5) is 14.7 Å². The summed E-state index contributed by atoms with van der Waals surface area (Å²) in [6, 6.07) is 2.03. The lowest BCUT2D eigenvalue weighted by molar-refractivity contribution is -0.117. The molecule has 0 radical (unpaired) electrons. The van der Waals surface area contributed by atoms with Crippen LogP contribution >= 0.6 is 0 Å². The van der Waals surface area contributed by atoms with Crippen molar-refractivity contribution in [3.8, 4) is 0 Å². The predicted octanol–water partition coefficient (Wildman–Crippen LogP) is 1.88. The molecule has 0 atom stereocenters. The molecule has 0 bridgehead atoms. The molecule has 4 nitrogen and oxygen atoms in total. The van der Waals surface area contributed by atoms with Gasteiger partial charge in [-0.2, -0.15) is 0 Å². The molecule has 6 heteroatoms. The highest BCUT2D eigenvalue weighted by atomic mass is 19.2. The number of ketones is 1. The number of nitrogens with zero attached hydrogens (tertiary/aromatic N) is 2. The Morgan fingerprint density at radius 3 is 2.71 bits per heavy atom. The molecule has 1 aromatic carbocycles. The number of Topliss-reactive ketones (excluding diaryl/α,β-unsaturated/α-hetero) is 1. The monoisotopic (exact) mass is 239 g/mol. The Hall–Kier alpha value is -1.98. The molecule has 1 heterocycles. The first kappa shape index (κ1) is 11.5. The number of anilines is 1. The van der Waals surface area contributed by atoms with Gasteiger partial charge in [0.15, 0.2) is 11.6 Å². The average molecular weight is 239 g/mol. The molecule has 0 saturated carbocycles. The molecule has 17 heavy (non-hydrogen) atoms. The summed E-state index contributed by atoms with van der Waals surface area (Å²) in [4.78, 5) is 14.8. The molecule has 0 aliphatic carbocycles. The summed E-state index contributed by atoms with van der Waals surface area (Å²) in [5.74, 6) is -1.78. The van der Waals surface area contributed by atoms with Gasteiger partial charge in [0, 0.05) is 25.1 Å². The molecule has 0 spiro atoms. The van der Waals surface area contributed by atoms with Crippen LogP contribution in [0.2, 0.25) is 0 Å². The van der Waals surface area contributed by atoms with Crippen molar-refractivity contribution in [1.29, 1.82) is 0 Å². The maximum atomic E-state index is 13.1. The second kappa shape index (κ2) is 4.12. The first-order valence-electron chi connectivity index (χ1n) is 5.09. The number of fused-ring (bicyclic) bond motifs is 1. The Kier molecular flexibility index (Phi) is 2.79. The topological polar surface area (TPSA) is 60.9 Å². The number of aryl methyl sites for hydroxylation is 1. The number of benzene rings is 1. The standard InChI is InChI=1S/C11H11F2N3O/c1-6(17)2-3-16-10-5-8(13)7(12)4-9(10)15-11(16)14/h4-5H,2-3H2,1H3,(H2,14,15). The lowest BCUT2D eigenvalue weighted by Crippen LogP contribution is -2.06. The van der Waals surface area contributed by atoms with Gasteiger partial charge in [0.05, 0.1) is 11.0 Å². The summed E-state index contributed by atoms with van der Waals surface area (Å²) in [6.07, 6.45) is 0.272. The fourth-order valence-electron chi connectivity index (χ4n) is 1.64. The molecule has 0 amide bonds. The molecule has 1 aromatic heterocycles. The number of imidazole rings is 1. The number of nitrogen functional groups attached to an aromatic ring is 1. The van der Waals surface area contributed by atoms with Gasteiger partial charge in [-0.15, -0.1) is 0 Å². The van der Waals surface area contributed by atoms with Crippen LogP contribution < -0.4 is 5.73 Å². The first-order chi connectivity index (χ1) is 7.99. The van der Waals surface area contributed by atoms with E-state index in [1.807, 2.05) is 0 Å². The zero-order chi connectivity index (χ0) is 12.6. The number of hydrogen-bond acceptors (Lipinski definition) is 3. The number of hydrogen-bond donors (Lipinski definition) is 1. The minimum absolute atomic E-state index is 0.00571. The summed E-state index contributed by atoms with van der Waals surface area (Å²) in [5, 5.41) is 0. The van der Waals surface area contributed by atoms with Crippen molar-refractivity contribution >= 4 is 22.8 Å². The van der Waals surface area contributed by atoms with Gasteiger partial charge in [0.1, 0.15) is 5.78 Å². The third-order valence-electron chi connectivity index (χ3n) is 2.51. The van der Waals surface area contributed by atoms with Crippen molar-refractivity contribution < 1.29 is 13.6 Å². The van der Waals surface area contributed by atoms with Crippen LogP contribution in [0.1, 0.15) is 13.3 Å². The molecule has 2 N–H and O–H groups in total. The maximum absolute atomic E-state index is 13.1. The smallest absolute Gasteiger partial charge is 0.201 e. The van der Waals surface area contributed by atoms with E-state index in [0.29, 0.717) is 12.1 Å². The first-order valence-corrected chi connectivity index (χ1v) is 5.09. The largest absolute Gasteiger partial charge is 0.369 e. The van der Waals surface area contributed by atoms with E-state index in [-0.39, 0.29) is 23.7 Å². The van der Waals surface area contributed by atoms with Crippen molar-refractivity contribution in [2.75, 3.05) is 5.73 Å². The molecule has 90 valence electrons. The normalized spacial score (nSPS) is 11.0. The summed E-state index contributed by atoms with van der Waals surface area (Å²) >= 11 is 0. The Labute approximate surface area is 96.0 Å². The van der Waals surface area contributed by atoms with E-state index in [1.54, 1.807) is 0 Å². The van der Waals surface area contributed by atoms with E-state index in [4.69, 9.17) is 5.73 Å². The molecule has 0 fully saturated rings. The Morgan fingerprint density at radius 2 is 2.06 bits per heavy atom. The second-order valence-corrected chi connectivity index (χ2v) is 3.83. The van der Waals surface area contributed by atoms with E-state index >= 15 is 0 Å². The maximum Gasteiger partial charge on any atom is 0.201 e. The van der Waals surface area contributed by atoms with Crippen LogP contribution in [0, 0.1) is 11.6 Å². The van der Waals surface area contributed by atoms with Crippen LogP contribution in [0.15, 0.2) is 12.1 Å². The number of rotatable bonds is 3. The van der Waals surface area contributed by atoms with Gasteiger partial charge in [0.25, 0.3) is 0 Å². The number of carbonyl (C=O) groups is 1. The SMILES string of the molecule is CC(=O)CCn1c(N)nc2cc(F)c(F)cc21. The summed E-state index contributed by atoms with van der Waals surface area (Å²) in [5.41, 5.74) is 6.31. The van der Waals surface area contributed by atoms with E-state index in [0.717, 1.165) is 12.1 Å². The van der Waals surface area contributed by atoms with Gasteiger partial charge in [-0.3, -0.25) is 4.79 Å². The zero-order valence-electron chi connectivity index (χ0n) is 9.20. The number of carbonyl (C=O) groups excluding carboxylic acids is 1. The highest BCUT2D eigenvalue weighted by Crippen LogP contribution is 2.21. The number of aromatic nitrogens is 2. The Bertz CT molecular complexity index is 592. The average Bonchev–Trinajstić information content (AvgIpc) is 2.52. The highest BCUT2D eigenvalue weighted by molar-refractivity contribution is 5.79. The van der Waals surface area contributed by atoms with Crippen molar-refractivity contribution in [2.45, 2.75) is 19.9 Å². The van der Waals surface area contributed by atoms with Crippen LogP contribution in [-0.2, 0) is 11.3 Å². The van der Waals surface area contributed by atoms with Gasteiger partial charge < -0.3 is 10.3 Å². The molecular weight excluding hydrogens is 228 g/mol. The zero-order valence-corrected chi connectivity index (χ0v) is 9.20. The van der Waals surface area contributed by atoms with Crippen molar-refractivity contribution in [3.05, 3.63) is 23.8 Å². The van der Waals surface area contributed by atoms with Crippen molar-refractivity contribution in [1.82, 2.24) is 9.55 Å². The van der Waals surface area contributed by atoms with E-state index in [1.165, 1.54) is 11.5 Å². The summed E-state index contributed by atoms with van der Waals surface area (Å²) in [7, 11) is 0. The van der Waals surface area contributed by atoms with Crippen LogP contribution in [0.25, 0.3) is 11.0 Å². The minimum atomic E-state index is -0.964. The lowest BCUT2D eigenvalue weighted by Gasteiger charge is -2.04. The molecule has 0 saturated heterocycles. The van der Waals surface area contributed by atoms with Gasteiger partial charge in [-0.25, -0.2) is 13.8 Å². The van der Waals surface area contributed by atoms with Gasteiger partial charge in [-0.05, 0) is 6.92 Å². The lowest BCUT2D eigenvalue weighted by atomic mass is 10.2. The van der Waals surface area contributed by atoms with Gasteiger partial charge in [-0.1, -0.05) is 0 Å². The summed E-state index contributed by atoms with van der Waals surface area (Å²) in [6.45, 7) is 1.76. The number of halogens is 2. The third kappa shape index (κ3) is 2.11. The molecular formula is C11H11F2N3O. The quantitative estimate of drug-likeness (QED) is 0.889. The van der Waals surface area contributed by atoms with Crippen molar-refractivity contribution in [3.63, 3.8) is 0 Å². The van der Waals surface area contributed by atoms with Crippen LogP contribution in [-0.4, -0.2) is 15.3 Å². The molecule has 0 aliphatic rings. The van der Waals surface area contributed by atoms with E-state index in [2.05, 4.69) is 4.98 Å². The van der Waals surface area contributed by atoms with Gasteiger partial charge >= 0.3 is 0 Å². The van der Waals surface area contributed by atoms with E-state index < -0.39 is 11.6 Å².